The Labute approximate surface area is 195 Å². The van der Waals surface area contributed by atoms with Crippen LogP contribution in [-0.2, 0) is 20.9 Å². The summed E-state index contributed by atoms with van der Waals surface area (Å²) in [6, 6.07) is 12.0. The minimum Gasteiger partial charge on any atom is -0.493 e. The Balaban J connectivity index is 1.78. The van der Waals surface area contributed by atoms with E-state index in [2.05, 4.69) is 0 Å². The molecule has 1 heterocycles. The summed E-state index contributed by atoms with van der Waals surface area (Å²) in [6.45, 7) is 1.87. The number of rotatable bonds is 7. The highest BCUT2D eigenvalue weighted by molar-refractivity contribution is 8.26. The van der Waals surface area contributed by atoms with Gasteiger partial charge in [0.1, 0.15) is 17.0 Å². The highest BCUT2D eigenvalue weighted by Crippen LogP contribution is 2.36. The quantitative estimate of drug-likeness (QED) is 0.325. The third kappa shape index (κ3) is 5.20. The van der Waals surface area contributed by atoms with Gasteiger partial charge in [0.05, 0.1) is 19.1 Å². The Morgan fingerprint density at radius 2 is 1.97 bits per heavy atom. The predicted molar refractivity (Wildman–Crippen MR) is 125 cm³/mol. The Morgan fingerprint density at radius 1 is 1.23 bits per heavy atom. The van der Waals surface area contributed by atoms with Crippen molar-refractivity contribution in [3.63, 3.8) is 0 Å². The van der Waals surface area contributed by atoms with Crippen LogP contribution in [0.1, 0.15) is 18.1 Å². The molecule has 0 radical (unpaired) electrons. The van der Waals surface area contributed by atoms with E-state index in [4.69, 9.17) is 38.0 Å². The van der Waals surface area contributed by atoms with Gasteiger partial charge >= 0.3 is 5.97 Å². The van der Waals surface area contributed by atoms with Crippen molar-refractivity contribution in [2.75, 3.05) is 14.2 Å². The molecule has 31 heavy (non-hydrogen) atoms. The van der Waals surface area contributed by atoms with E-state index in [0.29, 0.717) is 32.4 Å². The number of thioether (sulfide) groups is 1. The molecule has 1 fully saturated rings. The second-order valence-corrected chi connectivity index (χ2v) is 8.62. The topological polar surface area (TPSA) is 65.1 Å². The van der Waals surface area contributed by atoms with Crippen molar-refractivity contribution in [2.45, 2.75) is 19.6 Å². The molecule has 1 unspecified atom stereocenters. The third-order valence-electron chi connectivity index (χ3n) is 4.58. The minimum absolute atomic E-state index is 0.291. The number of esters is 1. The Bertz CT molecular complexity index is 1060. The molecule has 3 rings (SSSR count). The first-order chi connectivity index (χ1) is 14.8. The summed E-state index contributed by atoms with van der Waals surface area (Å²) in [4.78, 5) is 26.3. The van der Waals surface area contributed by atoms with Crippen LogP contribution in [-0.4, -0.2) is 41.4 Å². The van der Waals surface area contributed by atoms with Crippen LogP contribution >= 0.6 is 35.6 Å². The van der Waals surface area contributed by atoms with Crippen molar-refractivity contribution in [2.24, 2.45) is 0 Å². The number of amides is 1. The van der Waals surface area contributed by atoms with Crippen molar-refractivity contribution in [1.82, 2.24) is 4.90 Å². The van der Waals surface area contributed by atoms with Crippen LogP contribution in [0.15, 0.2) is 47.4 Å². The predicted octanol–water partition coefficient (Wildman–Crippen LogP) is 4.69. The van der Waals surface area contributed by atoms with Crippen molar-refractivity contribution < 1.29 is 23.8 Å². The van der Waals surface area contributed by atoms with Gasteiger partial charge in [0.2, 0.25) is 0 Å². The lowest BCUT2D eigenvalue weighted by Gasteiger charge is -2.20. The van der Waals surface area contributed by atoms with Crippen LogP contribution in [0.3, 0.4) is 0 Å². The van der Waals surface area contributed by atoms with E-state index in [1.165, 1.54) is 12.0 Å². The molecular weight excluding hydrogens is 458 g/mol. The maximum Gasteiger partial charge on any atom is 0.328 e. The molecule has 0 bridgehead atoms. The molecule has 0 aromatic heterocycles. The maximum atomic E-state index is 12.8. The van der Waals surface area contributed by atoms with Gasteiger partial charge in [0.15, 0.2) is 11.5 Å². The smallest absolute Gasteiger partial charge is 0.328 e. The molecule has 1 aliphatic rings. The van der Waals surface area contributed by atoms with E-state index in [9.17, 15) is 9.59 Å². The molecular formula is C22H20ClNO5S2. The second kappa shape index (κ2) is 10.2. The molecule has 0 aliphatic carbocycles. The van der Waals surface area contributed by atoms with Crippen LogP contribution in [0.2, 0.25) is 5.02 Å². The van der Waals surface area contributed by atoms with Crippen LogP contribution in [0.4, 0.5) is 0 Å². The summed E-state index contributed by atoms with van der Waals surface area (Å²) in [5.74, 6) is 0.191. The zero-order valence-corrected chi connectivity index (χ0v) is 19.5. The fraction of sp³-hybridized carbons (Fsp3) is 0.227. The molecule has 162 valence electrons. The normalized spacial score (nSPS) is 15.9. The molecule has 6 nitrogen and oxygen atoms in total. The highest BCUT2D eigenvalue weighted by Gasteiger charge is 2.38. The van der Waals surface area contributed by atoms with E-state index in [1.807, 2.05) is 18.2 Å². The lowest BCUT2D eigenvalue weighted by molar-refractivity contribution is -0.147. The van der Waals surface area contributed by atoms with Crippen molar-refractivity contribution in [1.29, 1.82) is 0 Å². The van der Waals surface area contributed by atoms with Crippen molar-refractivity contribution in [3.8, 4) is 11.5 Å². The number of ether oxygens (including phenoxy) is 3. The monoisotopic (exact) mass is 477 g/mol. The van der Waals surface area contributed by atoms with Crippen LogP contribution in [0, 0.1) is 0 Å². The number of carbonyl (C=O) groups is 2. The summed E-state index contributed by atoms with van der Waals surface area (Å²) >= 11 is 12.6. The van der Waals surface area contributed by atoms with E-state index in [0.717, 1.165) is 22.9 Å². The first-order valence-electron chi connectivity index (χ1n) is 9.24. The molecule has 9 heteroatoms. The van der Waals surface area contributed by atoms with Gasteiger partial charge in [-0.15, -0.1) is 0 Å². The molecule has 2 aromatic rings. The minimum atomic E-state index is -0.793. The molecule has 2 aromatic carbocycles. The zero-order chi connectivity index (χ0) is 22.5. The number of hydrogen-bond donors (Lipinski definition) is 0. The molecule has 1 atom stereocenters. The third-order valence-corrected chi connectivity index (χ3v) is 6.28. The zero-order valence-electron chi connectivity index (χ0n) is 17.1. The van der Waals surface area contributed by atoms with Crippen molar-refractivity contribution >= 4 is 57.9 Å². The van der Waals surface area contributed by atoms with Crippen LogP contribution in [0.25, 0.3) is 6.08 Å². The molecule has 1 aliphatic heterocycles. The second-order valence-electron chi connectivity index (χ2n) is 6.54. The van der Waals surface area contributed by atoms with Crippen LogP contribution < -0.4 is 9.47 Å². The van der Waals surface area contributed by atoms with Gasteiger partial charge in [0, 0.05) is 10.6 Å². The van der Waals surface area contributed by atoms with E-state index < -0.39 is 12.0 Å². The molecule has 0 N–H and O–H groups in total. The Kier molecular flexibility index (Phi) is 7.59. The lowest BCUT2D eigenvalue weighted by atomic mass is 10.1. The van der Waals surface area contributed by atoms with Gasteiger partial charge in [0.25, 0.3) is 5.91 Å². The molecule has 1 saturated heterocycles. The Hall–Kier alpha value is -2.55. The average molecular weight is 478 g/mol. The average Bonchev–Trinajstić information content (AvgIpc) is 3.05. The van der Waals surface area contributed by atoms with E-state index >= 15 is 0 Å². The summed E-state index contributed by atoms with van der Waals surface area (Å²) < 4.78 is 16.3. The summed E-state index contributed by atoms with van der Waals surface area (Å²) in [5.41, 5.74) is 1.59. The van der Waals surface area contributed by atoms with Gasteiger partial charge in [-0.1, -0.05) is 59.8 Å². The lowest BCUT2D eigenvalue weighted by Crippen LogP contribution is -2.42. The highest BCUT2D eigenvalue weighted by atomic mass is 35.5. The standard InChI is InChI=1S/C22H20ClNO5S2/c1-13(21(26)28-3)24-20(25)19(31-22(24)30)11-14-8-9-17(18(10-14)27-2)29-12-15-6-4-5-7-16(15)23/h4-11,13H,12H2,1-3H3/b19-11-. The molecule has 0 spiro atoms. The summed E-state index contributed by atoms with van der Waals surface area (Å²) in [7, 11) is 2.81. The molecule has 1 amide bonds. The molecule has 0 saturated carbocycles. The summed E-state index contributed by atoms with van der Waals surface area (Å²) in [6.07, 6.45) is 1.70. The number of hydrogen-bond acceptors (Lipinski definition) is 7. The van der Waals surface area contributed by atoms with E-state index in [-0.39, 0.29) is 5.91 Å². The van der Waals surface area contributed by atoms with Crippen molar-refractivity contribution in [3.05, 3.63) is 63.5 Å². The number of thiocarbonyl (C=S) groups is 1. The summed E-state index contributed by atoms with van der Waals surface area (Å²) in [5, 5.41) is 0.626. The number of carbonyl (C=O) groups excluding carboxylic acids is 2. The van der Waals surface area contributed by atoms with Gasteiger partial charge in [-0.2, -0.15) is 0 Å². The van der Waals surface area contributed by atoms with Gasteiger partial charge in [-0.25, -0.2) is 4.79 Å². The maximum absolute atomic E-state index is 12.8. The van der Waals surface area contributed by atoms with Gasteiger partial charge < -0.3 is 14.2 Å². The first-order valence-corrected chi connectivity index (χ1v) is 10.8. The fourth-order valence-electron chi connectivity index (χ4n) is 2.91. The van der Waals surface area contributed by atoms with Gasteiger partial charge in [-0.05, 0) is 36.8 Å². The largest absolute Gasteiger partial charge is 0.493 e. The van der Waals surface area contributed by atoms with E-state index in [1.54, 1.807) is 44.4 Å². The number of halogens is 1. The Morgan fingerprint density at radius 3 is 2.65 bits per heavy atom. The fourth-order valence-corrected chi connectivity index (χ4v) is 4.51. The first kappa shape index (κ1) is 23.1. The number of nitrogens with zero attached hydrogens (tertiary/aromatic N) is 1. The van der Waals surface area contributed by atoms with Crippen LogP contribution in [0.5, 0.6) is 11.5 Å². The number of benzene rings is 2. The number of methoxy groups -OCH3 is 2. The van der Waals surface area contributed by atoms with Gasteiger partial charge in [-0.3, -0.25) is 9.69 Å². The SMILES string of the molecule is COC(=O)C(C)N1C(=O)/C(=C/c2ccc(OCc3ccccc3Cl)c(OC)c2)SC1=S.